The molecule has 0 saturated heterocycles. The van der Waals surface area contributed by atoms with Crippen LogP contribution in [0.2, 0.25) is 0 Å². The van der Waals surface area contributed by atoms with Crippen molar-refractivity contribution in [2.45, 2.75) is 5.25 Å². The van der Waals surface area contributed by atoms with E-state index in [1.54, 1.807) is 12.4 Å². The molecule has 0 saturated carbocycles. The molecule has 1 aromatic rings. The Kier molecular flexibility index (Phi) is 3.11. The maximum Gasteiger partial charge on any atom is 0.137 e. The van der Waals surface area contributed by atoms with Crippen LogP contribution < -0.4 is 0 Å². The molecular weight excluding hydrogens is 158 g/mol. The molecule has 0 aromatic carbocycles. The summed E-state index contributed by atoms with van der Waals surface area (Å²) >= 11 is 1.53. The number of hydrogen-bond donors (Lipinski definition) is 0. The lowest BCUT2D eigenvalue weighted by molar-refractivity contribution is -0.107. The Labute approximate surface area is 70.0 Å². The van der Waals surface area contributed by atoms with Crippen LogP contribution in [-0.4, -0.2) is 17.5 Å². The van der Waals surface area contributed by atoms with Crippen LogP contribution in [0.15, 0.2) is 24.5 Å². The number of aldehydes is 1. The van der Waals surface area contributed by atoms with Crippen molar-refractivity contribution in [1.29, 1.82) is 0 Å². The largest absolute Gasteiger partial charge is 0.302 e. The third kappa shape index (κ3) is 2.05. The molecule has 0 aliphatic carbocycles. The minimum atomic E-state index is -0.0435. The van der Waals surface area contributed by atoms with Gasteiger partial charge in [0.15, 0.2) is 0 Å². The van der Waals surface area contributed by atoms with Crippen LogP contribution in [0.25, 0.3) is 0 Å². The van der Waals surface area contributed by atoms with Crippen molar-refractivity contribution >= 4 is 18.0 Å². The third-order valence-corrected chi connectivity index (χ3v) is 2.30. The van der Waals surface area contributed by atoms with Gasteiger partial charge in [-0.2, -0.15) is 0 Å². The average molecular weight is 167 g/mol. The summed E-state index contributed by atoms with van der Waals surface area (Å²) in [5, 5.41) is -0.0435. The lowest BCUT2D eigenvalue weighted by Crippen LogP contribution is -1.93. The van der Waals surface area contributed by atoms with Crippen molar-refractivity contribution in [2.24, 2.45) is 0 Å². The predicted octanol–water partition coefficient (Wildman–Crippen LogP) is 1.68. The lowest BCUT2D eigenvalue weighted by Gasteiger charge is -2.04. The predicted molar refractivity (Wildman–Crippen MR) is 46.6 cm³/mol. The Morgan fingerprint density at radius 1 is 1.55 bits per heavy atom. The van der Waals surface area contributed by atoms with Crippen molar-refractivity contribution in [3.05, 3.63) is 30.1 Å². The van der Waals surface area contributed by atoms with Crippen LogP contribution >= 0.6 is 11.8 Å². The summed E-state index contributed by atoms with van der Waals surface area (Å²) in [5.74, 6) is 0. The lowest BCUT2D eigenvalue weighted by atomic mass is 10.2. The maximum absolute atomic E-state index is 10.5. The van der Waals surface area contributed by atoms with Crippen molar-refractivity contribution in [3.8, 4) is 0 Å². The first-order valence-electron chi connectivity index (χ1n) is 3.26. The smallest absolute Gasteiger partial charge is 0.137 e. The molecule has 1 unspecified atom stereocenters. The molecule has 1 heterocycles. The molecule has 0 bridgehead atoms. The number of carbonyl (C=O) groups excluding carboxylic acids is 1. The monoisotopic (exact) mass is 167 g/mol. The minimum absolute atomic E-state index is 0.0435. The number of hydrogen-bond acceptors (Lipinski definition) is 3. The standard InChI is InChI=1S/C8H9NOS/c1-11-8(6-10)7-2-4-9-5-3-7/h2-6,8H,1H3. The zero-order chi connectivity index (χ0) is 8.10. The van der Waals surface area contributed by atoms with Crippen molar-refractivity contribution in [1.82, 2.24) is 4.98 Å². The topological polar surface area (TPSA) is 30.0 Å². The minimum Gasteiger partial charge on any atom is -0.302 e. The maximum atomic E-state index is 10.5. The van der Waals surface area contributed by atoms with E-state index in [9.17, 15) is 4.79 Å². The zero-order valence-electron chi connectivity index (χ0n) is 6.23. The second-order valence-electron chi connectivity index (χ2n) is 2.07. The molecule has 1 atom stereocenters. The highest BCUT2D eigenvalue weighted by molar-refractivity contribution is 7.99. The van der Waals surface area contributed by atoms with Gasteiger partial charge in [0.2, 0.25) is 0 Å². The van der Waals surface area contributed by atoms with Crippen LogP contribution in [0, 0.1) is 0 Å². The van der Waals surface area contributed by atoms with Crippen LogP contribution in [-0.2, 0) is 4.79 Å². The number of pyridine rings is 1. The number of aromatic nitrogens is 1. The molecule has 11 heavy (non-hydrogen) atoms. The summed E-state index contributed by atoms with van der Waals surface area (Å²) in [7, 11) is 0. The van der Waals surface area contributed by atoms with Gasteiger partial charge in [0.25, 0.3) is 0 Å². The normalized spacial score (nSPS) is 12.5. The molecule has 0 N–H and O–H groups in total. The molecule has 0 aliphatic rings. The Morgan fingerprint density at radius 3 is 2.64 bits per heavy atom. The van der Waals surface area contributed by atoms with E-state index in [1.807, 2.05) is 18.4 Å². The number of thioether (sulfide) groups is 1. The molecule has 1 rings (SSSR count). The third-order valence-electron chi connectivity index (χ3n) is 1.41. The molecule has 3 heteroatoms. The highest BCUT2D eigenvalue weighted by atomic mass is 32.2. The Hall–Kier alpha value is -0.830. The average Bonchev–Trinajstić information content (AvgIpc) is 2.09. The van der Waals surface area contributed by atoms with E-state index < -0.39 is 0 Å². The van der Waals surface area contributed by atoms with Gasteiger partial charge in [-0.25, -0.2) is 0 Å². The second-order valence-corrected chi connectivity index (χ2v) is 3.05. The molecule has 0 radical (unpaired) electrons. The first-order chi connectivity index (χ1) is 5.38. The SMILES string of the molecule is CSC(C=O)c1ccncc1. The summed E-state index contributed by atoms with van der Waals surface area (Å²) in [4.78, 5) is 14.4. The fourth-order valence-electron chi connectivity index (χ4n) is 0.823. The zero-order valence-corrected chi connectivity index (χ0v) is 7.04. The van der Waals surface area contributed by atoms with Gasteiger partial charge < -0.3 is 4.79 Å². The first-order valence-corrected chi connectivity index (χ1v) is 4.55. The van der Waals surface area contributed by atoms with E-state index in [2.05, 4.69) is 4.98 Å². The van der Waals surface area contributed by atoms with E-state index in [4.69, 9.17) is 0 Å². The van der Waals surface area contributed by atoms with Gasteiger partial charge in [0.05, 0.1) is 5.25 Å². The molecule has 2 nitrogen and oxygen atoms in total. The van der Waals surface area contributed by atoms with Gasteiger partial charge in [0, 0.05) is 12.4 Å². The fraction of sp³-hybridized carbons (Fsp3) is 0.250. The summed E-state index contributed by atoms with van der Waals surface area (Å²) in [6.07, 6.45) is 6.25. The van der Waals surface area contributed by atoms with Crippen LogP contribution in [0.5, 0.6) is 0 Å². The Balaban J connectivity index is 2.82. The molecule has 0 fully saturated rings. The molecule has 58 valence electrons. The van der Waals surface area contributed by atoms with Gasteiger partial charge in [-0.15, -0.1) is 11.8 Å². The highest BCUT2D eigenvalue weighted by Crippen LogP contribution is 2.22. The molecule has 0 spiro atoms. The van der Waals surface area contributed by atoms with Crippen LogP contribution in [0.1, 0.15) is 10.8 Å². The quantitative estimate of drug-likeness (QED) is 0.642. The van der Waals surface area contributed by atoms with Gasteiger partial charge >= 0.3 is 0 Å². The molecule has 0 amide bonds. The second kappa shape index (κ2) is 4.13. The van der Waals surface area contributed by atoms with Gasteiger partial charge in [-0.05, 0) is 24.0 Å². The van der Waals surface area contributed by atoms with E-state index in [1.165, 1.54) is 11.8 Å². The molecular formula is C8H9NOS. The Morgan fingerprint density at radius 2 is 2.18 bits per heavy atom. The summed E-state index contributed by atoms with van der Waals surface area (Å²) in [6, 6.07) is 3.71. The van der Waals surface area contributed by atoms with Gasteiger partial charge in [-0.3, -0.25) is 4.98 Å². The van der Waals surface area contributed by atoms with Crippen LogP contribution in [0.4, 0.5) is 0 Å². The Bertz CT molecular complexity index is 225. The highest BCUT2D eigenvalue weighted by Gasteiger charge is 2.06. The van der Waals surface area contributed by atoms with Gasteiger partial charge in [-0.1, -0.05) is 0 Å². The first kappa shape index (κ1) is 8.27. The van der Waals surface area contributed by atoms with E-state index >= 15 is 0 Å². The summed E-state index contributed by atoms with van der Waals surface area (Å²) in [5.41, 5.74) is 1.02. The van der Waals surface area contributed by atoms with Gasteiger partial charge in [0.1, 0.15) is 6.29 Å². The summed E-state index contributed by atoms with van der Waals surface area (Å²) < 4.78 is 0. The van der Waals surface area contributed by atoms with E-state index in [0.29, 0.717) is 0 Å². The van der Waals surface area contributed by atoms with Crippen molar-refractivity contribution in [2.75, 3.05) is 6.26 Å². The number of carbonyl (C=O) groups is 1. The van der Waals surface area contributed by atoms with E-state index in [0.717, 1.165) is 11.8 Å². The molecule has 0 aliphatic heterocycles. The number of rotatable bonds is 3. The number of nitrogens with zero attached hydrogens (tertiary/aromatic N) is 1. The summed E-state index contributed by atoms with van der Waals surface area (Å²) in [6.45, 7) is 0. The fourth-order valence-corrected chi connectivity index (χ4v) is 1.36. The molecule has 1 aromatic heterocycles. The van der Waals surface area contributed by atoms with Crippen LogP contribution in [0.3, 0.4) is 0 Å². The van der Waals surface area contributed by atoms with Crippen molar-refractivity contribution in [3.63, 3.8) is 0 Å². The van der Waals surface area contributed by atoms with E-state index in [-0.39, 0.29) is 5.25 Å². The van der Waals surface area contributed by atoms with Crippen molar-refractivity contribution < 1.29 is 4.79 Å².